The number of hydrogen-bond acceptors (Lipinski definition) is 5. The summed E-state index contributed by atoms with van der Waals surface area (Å²) in [5.41, 5.74) is 8.81. The molecule has 3 rings (SSSR count). The van der Waals surface area contributed by atoms with Crippen molar-refractivity contribution in [1.29, 1.82) is 5.26 Å². The van der Waals surface area contributed by atoms with Crippen LogP contribution in [-0.4, -0.2) is 11.2 Å². The molecule has 0 bridgehead atoms. The van der Waals surface area contributed by atoms with Crippen LogP contribution in [0.1, 0.15) is 18.9 Å². The van der Waals surface area contributed by atoms with E-state index >= 15 is 0 Å². The average molecular weight is 394 g/mol. The third kappa shape index (κ3) is 4.51. The second-order valence-electron chi connectivity index (χ2n) is 5.91. The number of carbonyl (C=O) groups is 1. The minimum atomic E-state index is -0.263. The van der Waals surface area contributed by atoms with Crippen molar-refractivity contribution in [3.63, 3.8) is 0 Å². The van der Waals surface area contributed by atoms with E-state index in [2.05, 4.69) is 11.4 Å². The number of nitrogens with one attached hydrogen (secondary N) is 1. The van der Waals surface area contributed by atoms with E-state index in [-0.39, 0.29) is 11.2 Å². The molecule has 0 saturated heterocycles. The van der Waals surface area contributed by atoms with Crippen molar-refractivity contribution in [2.45, 2.75) is 23.5 Å². The first-order valence-corrected chi connectivity index (χ1v) is 10.3. The fourth-order valence-electron chi connectivity index (χ4n) is 2.66. The smallest absolute Gasteiger partial charge is 0.238 e. The van der Waals surface area contributed by atoms with Crippen molar-refractivity contribution in [2.24, 2.45) is 0 Å². The van der Waals surface area contributed by atoms with Gasteiger partial charge in [0.15, 0.2) is 0 Å². The van der Waals surface area contributed by atoms with Crippen LogP contribution in [0.5, 0.6) is 0 Å². The highest BCUT2D eigenvalue weighted by Gasteiger charge is 2.21. The zero-order valence-electron chi connectivity index (χ0n) is 14.8. The van der Waals surface area contributed by atoms with Gasteiger partial charge in [0.1, 0.15) is 11.1 Å². The maximum absolute atomic E-state index is 12.8. The van der Waals surface area contributed by atoms with Crippen LogP contribution in [0, 0.1) is 11.3 Å². The molecule has 3 aromatic rings. The number of amides is 1. The van der Waals surface area contributed by atoms with Crippen LogP contribution in [0.15, 0.2) is 64.9 Å². The summed E-state index contributed by atoms with van der Waals surface area (Å²) < 4.78 is 0. The van der Waals surface area contributed by atoms with Crippen LogP contribution < -0.4 is 11.1 Å². The van der Waals surface area contributed by atoms with Gasteiger partial charge in [0.05, 0.1) is 10.8 Å². The second-order valence-corrected chi connectivity index (χ2v) is 8.06. The Balaban J connectivity index is 1.79. The molecule has 0 saturated carbocycles. The molecule has 0 spiro atoms. The minimum Gasteiger partial charge on any atom is -0.399 e. The van der Waals surface area contributed by atoms with Gasteiger partial charge in [0, 0.05) is 21.5 Å². The first-order valence-electron chi connectivity index (χ1n) is 8.52. The lowest BCUT2D eigenvalue weighted by Gasteiger charge is -2.14. The van der Waals surface area contributed by atoms with Gasteiger partial charge in [-0.25, -0.2) is 0 Å². The molecule has 136 valence electrons. The van der Waals surface area contributed by atoms with Gasteiger partial charge in [-0.05, 0) is 30.2 Å². The molecule has 1 heterocycles. The van der Waals surface area contributed by atoms with Gasteiger partial charge >= 0.3 is 0 Å². The fraction of sp³-hybridized carbons (Fsp3) is 0.143. The number of rotatable bonds is 6. The molecule has 27 heavy (non-hydrogen) atoms. The number of anilines is 2. The zero-order valence-corrected chi connectivity index (χ0v) is 16.4. The van der Waals surface area contributed by atoms with Crippen LogP contribution in [0.2, 0.25) is 0 Å². The third-order valence-corrected chi connectivity index (χ3v) is 6.28. The molecule has 1 atom stereocenters. The van der Waals surface area contributed by atoms with Crippen molar-refractivity contribution in [1.82, 2.24) is 0 Å². The Morgan fingerprint density at radius 1 is 1.26 bits per heavy atom. The Labute approximate surface area is 167 Å². The normalized spacial score (nSPS) is 11.6. The summed E-state index contributed by atoms with van der Waals surface area (Å²) in [7, 11) is 0. The lowest BCUT2D eigenvalue weighted by Crippen LogP contribution is -2.24. The number of nitrogens with zero attached hydrogens (tertiary/aromatic N) is 1. The largest absolute Gasteiger partial charge is 0.399 e. The van der Waals surface area contributed by atoms with Crippen molar-refractivity contribution >= 4 is 39.7 Å². The number of nitriles is 1. The molecule has 0 aliphatic carbocycles. The predicted molar refractivity (Wildman–Crippen MR) is 114 cm³/mol. The van der Waals surface area contributed by atoms with Gasteiger partial charge in [-0.1, -0.05) is 43.3 Å². The van der Waals surface area contributed by atoms with Crippen LogP contribution in [0.3, 0.4) is 0 Å². The number of nitrogen functional groups attached to an aromatic ring is 1. The Morgan fingerprint density at radius 2 is 2.04 bits per heavy atom. The molecular formula is C21H19N3OS2. The monoisotopic (exact) mass is 393 g/mol. The van der Waals surface area contributed by atoms with E-state index in [0.29, 0.717) is 22.7 Å². The van der Waals surface area contributed by atoms with Gasteiger partial charge < -0.3 is 11.1 Å². The van der Waals surface area contributed by atoms with E-state index in [1.807, 2.05) is 66.9 Å². The standard InChI is InChI=1S/C21H19N3OS2/c1-2-19(27-16-10-6-9-15(23)11-16)20(25)24-21-17(12-22)18(13-26-21)14-7-4-3-5-8-14/h3-11,13,19H,2,23H2,1H3,(H,24,25). The number of thiophene rings is 1. The number of nitrogens with two attached hydrogens (primary N) is 1. The van der Waals surface area contributed by atoms with E-state index in [1.165, 1.54) is 23.1 Å². The number of thioether (sulfide) groups is 1. The summed E-state index contributed by atoms with van der Waals surface area (Å²) in [5, 5.41) is 14.8. The minimum absolute atomic E-state index is 0.108. The lowest BCUT2D eigenvalue weighted by molar-refractivity contribution is -0.115. The molecule has 1 unspecified atom stereocenters. The molecular weight excluding hydrogens is 374 g/mol. The Kier molecular flexibility index (Phi) is 6.17. The summed E-state index contributed by atoms with van der Waals surface area (Å²) >= 11 is 2.85. The summed E-state index contributed by atoms with van der Waals surface area (Å²) in [4.78, 5) is 13.7. The quantitative estimate of drug-likeness (QED) is 0.435. The van der Waals surface area contributed by atoms with Gasteiger partial charge in [-0.3, -0.25) is 4.79 Å². The van der Waals surface area contributed by atoms with Gasteiger partial charge in [0.2, 0.25) is 5.91 Å². The zero-order chi connectivity index (χ0) is 19.2. The van der Waals surface area contributed by atoms with E-state index in [1.54, 1.807) is 0 Å². The van der Waals surface area contributed by atoms with Crippen LogP contribution in [-0.2, 0) is 4.79 Å². The molecule has 1 amide bonds. The van der Waals surface area contributed by atoms with Crippen LogP contribution >= 0.6 is 23.1 Å². The van der Waals surface area contributed by atoms with Gasteiger partial charge in [-0.2, -0.15) is 5.26 Å². The molecule has 1 aromatic heterocycles. The van der Waals surface area contributed by atoms with Gasteiger partial charge in [-0.15, -0.1) is 23.1 Å². The van der Waals surface area contributed by atoms with Crippen LogP contribution in [0.25, 0.3) is 11.1 Å². The summed E-state index contributed by atoms with van der Waals surface area (Å²) in [5.74, 6) is -0.108. The number of hydrogen-bond donors (Lipinski definition) is 2. The summed E-state index contributed by atoms with van der Waals surface area (Å²) in [6, 6.07) is 19.4. The van der Waals surface area contributed by atoms with E-state index in [0.717, 1.165) is 16.0 Å². The topological polar surface area (TPSA) is 78.9 Å². The first kappa shape index (κ1) is 19.0. The molecule has 0 aliphatic rings. The highest BCUT2D eigenvalue weighted by Crippen LogP contribution is 2.36. The van der Waals surface area contributed by atoms with Crippen molar-refractivity contribution in [3.8, 4) is 17.2 Å². The molecule has 0 radical (unpaired) electrons. The molecule has 0 aliphatic heterocycles. The van der Waals surface area contributed by atoms with E-state index in [9.17, 15) is 10.1 Å². The molecule has 6 heteroatoms. The van der Waals surface area contributed by atoms with Crippen LogP contribution in [0.4, 0.5) is 10.7 Å². The van der Waals surface area contributed by atoms with E-state index < -0.39 is 0 Å². The predicted octanol–water partition coefficient (Wildman–Crippen LogP) is 5.38. The summed E-state index contributed by atoms with van der Waals surface area (Å²) in [6.07, 6.45) is 0.671. The van der Waals surface area contributed by atoms with Crippen molar-refractivity contribution in [2.75, 3.05) is 11.1 Å². The van der Waals surface area contributed by atoms with Crippen molar-refractivity contribution < 1.29 is 4.79 Å². The molecule has 4 nitrogen and oxygen atoms in total. The SMILES string of the molecule is CCC(Sc1cccc(N)c1)C(=O)Nc1scc(-c2ccccc2)c1C#N. The second kappa shape index (κ2) is 8.76. The maximum Gasteiger partial charge on any atom is 0.238 e. The number of benzene rings is 2. The number of carbonyl (C=O) groups excluding carboxylic acids is 1. The Hall–Kier alpha value is -2.75. The van der Waals surface area contributed by atoms with Crippen molar-refractivity contribution in [3.05, 3.63) is 65.5 Å². The molecule has 3 N–H and O–H groups in total. The third-order valence-electron chi connectivity index (χ3n) is 4.02. The molecule has 0 fully saturated rings. The molecule has 2 aromatic carbocycles. The Morgan fingerprint density at radius 3 is 2.70 bits per heavy atom. The van der Waals surface area contributed by atoms with Gasteiger partial charge in [0.25, 0.3) is 0 Å². The summed E-state index contributed by atoms with van der Waals surface area (Å²) in [6.45, 7) is 1.97. The first-order chi connectivity index (χ1) is 13.1. The Bertz CT molecular complexity index is 977. The fourth-order valence-corrected chi connectivity index (χ4v) is 4.60. The highest BCUT2D eigenvalue weighted by molar-refractivity contribution is 8.00. The average Bonchev–Trinajstić information content (AvgIpc) is 3.09. The maximum atomic E-state index is 12.8. The highest BCUT2D eigenvalue weighted by atomic mass is 32.2. The van der Waals surface area contributed by atoms with E-state index in [4.69, 9.17) is 5.73 Å². The lowest BCUT2D eigenvalue weighted by atomic mass is 10.1.